The van der Waals surface area contributed by atoms with Gasteiger partial charge in [-0.1, -0.05) is 53.5 Å². The molecular weight excluding hydrogens is 539 g/mol. The van der Waals surface area contributed by atoms with Gasteiger partial charge >= 0.3 is 0 Å². The number of nitrogens with two attached hydrogens (primary N) is 1. The number of primary sulfonamides is 1. The van der Waals surface area contributed by atoms with Crippen molar-refractivity contribution in [2.45, 2.75) is 18.0 Å². The molecule has 3 aromatic rings. The lowest BCUT2D eigenvalue weighted by Gasteiger charge is -2.16. The number of anilines is 1. The molecule has 0 atom stereocenters. The van der Waals surface area contributed by atoms with Crippen LogP contribution in [0.5, 0.6) is 0 Å². The van der Waals surface area contributed by atoms with Crippen LogP contribution in [0, 0.1) is 0 Å². The zero-order valence-corrected chi connectivity index (χ0v) is 21.4. The zero-order valence-electron chi connectivity index (χ0n) is 19.1. The number of carbonyl (C=O) groups is 3. The molecule has 4 N–H and O–H groups in total. The predicted octanol–water partition coefficient (Wildman–Crippen LogP) is 3.35. The summed E-state index contributed by atoms with van der Waals surface area (Å²) in [7, 11) is -3.82. The van der Waals surface area contributed by atoms with Crippen molar-refractivity contribution in [3.05, 3.63) is 105 Å². The number of rotatable bonds is 8. The Kier molecular flexibility index (Phi) is 7.65. The van der Waals surface area contributed by atoms with Gasteiger partial charge in [-0.05, 0) is 53.6 Å². The highest BCUT2D eigenvalue weighted by molar-refractivity contribution is 7.89. The number of carbonyl (C=O) groups excluding carboxylic acids is 3. The predicted molar refractivity (Wildman–Crippen MR) is 139 cm³/mol. The minimum Gasteiger partial charge on any atom is -0.375 e. The molecule has 3 aromatic carbocycles. The Morgan fingerprint density at radius 2 is 1.54 bits per heavy atom. The van der Waals surface area contributed by atoms with Crippen LogP contribution in [-0.2, 0) is 32.7 Å². The Morgan fingerprint density at radius 1 is 0.892 bits per heavy atom. The molecule has 1 heterocycles. The van der Waals surface area contributed by atoms with Crippen LogP contribution in [0.1, 0.15) is 21.5 Å². The third kappa shape index (κ3) is 6.00. The van der Waals surface area contributed by atoms with Crippen molar-refractivity contribution >= 4 is 56.6 Å². The molecule has 0 radical (unpaired) electrons. The fourth-order valence-corrected chi connectivity index (χ4v) is 4.50. The van der Waals surface area contributed by atoms with Gasteiger partial charge in [-0.15, -0.1) is 0 Å². The Bertz CT molecular complexity index is 1520. The molecule has 3 amide bonds. The van der Waals surface area contributed by atoms with Crippen LogP contribution in [0.3, 0.4) is 0 Å². The molecule has 0 unspecified atom stereocenters. The quantitative estimate of drug-likeness (QED) is 0.362. The van der Waals surface area contributed by atoms with Crippen LogP contribution in [0.15, 0.2) is 88.4 Å². The first-order valence-electron chi connectivity index (χ1n) is 10.8. The third-order valence-electron chi connectivity index (χ3n) is 5.52. The molecular formula is C25H20Cl2N4O5S. The number of hydrogen-bond donors (Lipinski definition) is 3. The second kappa shape index (κ2) is 10.7. The summed E-state index contributed by atoms with van der Waals surface area (Å²) < 4.78 is 22.7. The minimum atomic E-state index is -3.82. The minimum absolute atomic E-state index is 0.00664. The van der Waals surface area contributed by atoms with Gasteiger partial charge in [0.2, 0.25) is 10.0 Å². The Labute approximate surface area is 222 Å². The van der Waals surface area contributed by atoms with Gasteiger partial charge in [-0.3, -0.25) is 19.3 Å². The van der Waals surface area contributed by atoms with E-state index in [9.17, 15) is 22.8 Å². The molecule has 9 nitrogen and oxygen atoms in total. The van der Waals surface area contributed by atoms with Gasteiger partial charge in [0, 0.05) is 22.8 Å². The van der Waals surface area contributed by atoms with E-state index in [-0.39, 0.29) is 28.7 Å². The van der Waals surface area contributed by atoms with Gasteiger partial charge in [0.25, 0.3) is 17.7 Å². The van der Waals surface area contributed by atoms with E-state index in [0.717, 1.165) is 10.5 Å². The van der Waals surface area contributed by atoms with E-state index >= 15 is 0 Å². The highest BCUT2D eigenvalue weighted by Gasteiger charge is 2.37. The van der Waals surface area contributed by atoms with E-state index in [0.29, 0.717) is 21.8 Å². The van der Waals surface area contributed by atoms with Gasteiger partial charge in [0.1, 0.15) is 10.7 Å². The zero-order chi connectivity index (χ0) is 26.7. The summed E-state index contributed by atoms with van der Waals surface area (Å²) in [4.78, 5) is 38.8. The number of amides is 3. The van der Waals surface area contributed by atoms with Gasteiger partial charge < -0.3 is 10.6 Å². The maximum absolute atomic E-state index is 12.8. The normalized spacial score (nSPS) is 13.8. The lowest BCUT2D eigenvalue weighted by atomic mass is 10.1. The number of benzene rings is 3. The summed E-state index contributed by atoms with van der Waals surface area (Å²) >= 11 is 12.3. The SMILES string of the molecule is NS(=O)(=O)c1ccc(NC(=O)c2ccc(CNC3=C(Cl)C(=O)N(Cc4ccccc4Cl)C3=O)cc2)cc1. The molecule has 190 valence electrons. The first kappa shape index (κ1) is 26.4. The molecule has 37 heavy (non-hydrogen) atoms. The first-order valence-corrected chi connectivity index (χ1v) is 13.1. The lowest BCUT2D eigenvalue weighted by molar-refractivity contribution is -0.138. The second-order valence-corrected chi connectivity index (χ2v) is 10.4. The molecule has 0 spiro atoms. The smallest absolute Gasteiger partial charge is 0.278 e. The molecule has 12 heteroatoms. The maximum Gasteiger partial charge on any atom is 0.278 e. The molecule has 4 rings (SSSR count). The molecule has 0 aromatic heterocycles. The Hall–Kier alpha value is -3.70. The van der Waals surface area contributed by atoms with E-state index < -0.39 is 27.7 Å². The number of nitrogens with one attached hydrogen (secondary N) is 2. The van der Waals surface area contributed by atoms with E-state index in [1.54, 1.807) is 48.5 Å². The largest absolute Gasteiger partial charge is 0.375 e. The number of sulfonamides is 1. The number of halogens is 2. The van der Waals surface area contributed by atoms with Crippen molar-refractivity contribution < 1.29 is 22.8 Å². The molecule has 0 saturated carbocycles. The molecule has 1 aliphatic rings. The van der Waals surface area contributed by atoms with Crippen LogP contribution in [0.2, 0.25) is 5.02 Å². The van der Waals surface area contributed by atoms with Crippen LogP contribution >= 0.6 is 23.2 Å². The molecule has 0 aliphatic carbocycles. The highest BCUT2D eigenvalue weighted by Crippen LogP contribution is 2.26. The third-order valence-corrected chi connectivity index (χ3v) is 7.17. The summed E-state index contributed by atoms with van der Waals surface area (Å²) in [5, 5.41) is 10.9. The van der Waals surface area contributed by atoms with Crippen molar-refractivity contribution in [2.75, 3.05) is 5.32 Å². The molecule has 0 saturated heterocycles. The summed E-state index contributed by atoms with van der Waals surface area (Å²) in [6, 6.07) is 18.9. The average Bonchev–Trinajstić information content (AvgIpc) is 3.07. The van der Waals surface area contributed by atoms with E-state index in [2.05, 4.69) is 10.6 Å². The topological polar surface area (TPSA) is 139 Å². The van der Waals surface area contributed by atoms with Crippen LogP contribution in [-0.4, -0.2) is 31.0 Å². The highest BCUT2D eigenvalue weighted by atomic mass is 35.5. The standard InChI is InChI=1S/C25H20Cl2N4O5S/c26-20-4-2-1-3-17(20)14-31-24(33)21(27)22(25(31)34)29-13-15-5-7-16(8-6-15)23(32)30-18-9-11-19(12-10-18)37(28,35)36/h1-12,29H,13-14H2,(H,30,32)(H2,28,35,36). The number of imide groups is 1. The number of nitrogens with zero attached hydrogens (tertiary/aromatic N) is 1. The lowest BCUT2D eigenvalue weighted by Crippen LogP contribution is -2.33. The average molecular weight is 559 g/mol. The Balaban J connectivity index is 1.36. The van der Waals surface area contributed by atoms with E-state index in [1.165, 1.54) is 24.3 Å². The number of hydrogen-bond acceptors (Lipinski definition) is 6. The van der Waals surface area contributed by atoms with E-state index in [4.69, 9.17) is 28.3 Å². The van der Waals surface area contributed by atoms with Gasteiger partial charge in [0.05, 0.1) is 11.4 Å². The monoisotopic (exact) mass is 558 g/mol. The van der Waals surface area contributed by atoms with Crippen LogP contribution in [0.25, 0.3) is 0 Å². The van der Waals surface area contributed by atoms with E-state index in [1.807, 2.05) is 0 Å². The van der Waals surface area contributed by atoms with Crippen molar-refractivity contribution in [2.24, 2.45) is 5.14 Å². The molecule has 1 aliphatic heterocycles. The van der Waals surface area contributed by atoms with Crippen LogP contribution < -0.4 is 15.8 Å². The second-order valence-electron chi connectivity index (χ2n) is 8.05. The first-order chi connectivity index (χ1) is 17.5. The summed E-state index contributed by atoms with van der Waals surface area (Å²) in [5.41, 5.74) is 2.09. The van der Waals surface area contributed by atoms with Crippen LogP contribution in [0.4, 0.5) is 5.69 Å². The van der Waals surface area contributed by atoms with Crippen molar-refractivity contribution in [3.8, 4) is 0 Å². The fraction of sp³-hybridized carbons (Fsp3) is 0.0800. The van der Waals surface area contributed by atoms with Crippen molar-refractivity contribution in [3.63, 3.8) is 0 Å². The van der Waals surface area contributed by atoms with Crippen molar-refractivity contribution in [1.82, 2.24) is 10.2 Å². The fourth-order valence-electron chi connectivity index (χ4n) is 3.54. The maximum atomic E-state index is 12.8. The van der Waals surface area contributed by atoms with Gasteiger partial charge in [-0.2, -0.15) is 0 Å². The van der Waals surface area contributed by atoms with Gasteiger partial charge in [0.15, 0.2) is 0 Å². The summed E-state index contributed by atoms with van der Waals surface area (Å²) in [5.74, 6) is -1.57. The van der Waals surface area contributed by atoms with Gasteiger partial charge in [-0.25, -0.2) is 13.6 Å². The molecule has 0 fully saturated rings. The van der Waals surface area contributed by atoms with Crippen molar-refractivity contribution in [1.29, 1.82) is 0 Å². The summed E-state index contributed by atoms with van der Waals surface area (Å²) in [6.07, 6.45) is 0. The summed E-state index contributed by atoms with van der Waals surface area (Å²) in [6.45, 7) is 0.175. The Morgan fingerprint density at radius 3 is 2.16 bits per heavy atom. The molecule has 0 bridgehead atoms.